The Kier molecular flexibility index (Phi) is 7.57. The highest BCUT2D eigenvalue weighted by Crippen LogP contribution is 1.93. The molecule has 0 fully saturated rings. The summed E-state index contributed by atoms with van der Waals surface area (Å²) in [7, 11) is 2.90. The predicted octanol–water partition coefficient (Wildman–Crippen LogP) is -1.02. The number of amides is 1. The van der Waals surface area contributed by atoms with Crippen LogP contribution in [0.2, 0.25) is 0 Å². The molecule has 0 aliphatic heterocycles. The number of primary amides is 1. The van der Waals surface area contributed by atoms with E-state index in [9.17, 15) is 9.59 Å². The monoisotopic (exact) mass is 218 g/mol. The second-order valence-electron chi connectivity index (χ2n) is 3.06. The first-order valence-electron chi connectivity index (χ1n) is 4.66. The van der Waals surface area contributed by atoms with Crippen LogP contribution in [0.1, 0.15) is 6.42 Å². The maximum Gasteiger partial charge on any atom is 0.306 e. The summed E-state index contributed by atoms with van der Waals surface area (Å²) < 4.78 is 9.37. The lowest BCUT2D eigenvalue weighted by Crippen LogP contribution is -2.37. The van der Waals surface area contributed by atoms with Gasteiger partial charge in [-0.25, -0.2) is 0 Å². The fourth-order valence-electron chi connectivity index (χ4n) is 1.06. The zero-order valence-electron chi connectivity index (χ0n) is 9.19. The molecule has 1 amide bonds. The Morgan fingerprint density at radius 1 is 1.27 bits per heavy atom. The van der Waals surface area contributed by atoms with Crippen molar-refractivity contribution in [2.45, 2.75) is 6.42 Å². The van der Waals surface area contributed by atoms with E-state index < -0.39 is 5.91 Å². The van der Waals surface area contributed by atoms with E-state index >= 15 is 0 Å². The molecule has 0 aromatic heterocycles. The van der Waals surface area contributed by atoms with Gasteiger partial charge in [0.2, 0.25) is 5.91 Å². The zero-order valence-corrected chi connectivity index (χ0v) is 9.19. The van der Waals surface area contributed by atoms with Crippen LogP contribution in [0.3, 0.4) is 0 Å². The van der Waals surface area contributed by atoms with Gasteiger partial charge in [-0.1, -0.05) is 0 Å². The molecular formula is C9H18N2O4. The number of nitrogens with two attached hydrogens (primary N) is 1. The number of esters is 1. The molecule has 0 radical (unpaired) electrons. The number of hydrogen-bond donors (Lipinski definition) is 1. The highest BCUT2D eigenvalue weighted by atomic mass is 16.5. The minimum atomic E-state index is -0.420. The van der Waals surface area contributed by atoms with Crippen LogP contribution in [-0.2, 0) is 19.1 Å². The van der Waals surface area contributed by atoms with Crippen molar-refractivity contribution >= 4 is 11.9 Å². The second-order valence-corrected chi connectivity index (χ2v) is 3.06. The SMILES string of the molecule is COCCN(CCC(=O)OC)CC(N)=O. The van der Waals surface area contributed by atoms with E-state index in [1.807, 2.05) is 0 Å². The lowest BCUT2D eigenvalue weighted by Gasteiger charge is -2.19. The van der Waals surface area contributed by atoms with Gasteiger partial charge >= 0.3 is 5.97 Å². The van der Waals surface area contributed by atoms with E-state index in [-0.39, 0.29) is 18.9 Å². The average Bonchev–Trinajstić information content (AvgIpc) is 2.20. The van der Waals surface area contributed by atoms with Gasteiger partial charge in [0.25, 0.3) is 0 Å². The second kappa shape index (κ2) is 8.19. The zero-order chi connectivity index (χ0) is 11.7. The van der Waals surface area contributed by atoms with E-state index in [4.69, 9.17) is 10.5 Å². The predicted molar refractivity (Wildman–Crippen MR) is 54.1 cm³/mol. The summed E-state index contributed by atoms with van der Waals surface area (Å²) in [6, 6.07) is 0. The quantitative estimate of drug-likeness (QED) is 0.527. The smallest absolute Gasteiger partial charge is 0.306 e. The van der Waals surface area contributed by atoms with Crippen LogP contribution in [-0.4, -0.2) is 57.2 Å². The van der Waals surface area contributed by atoms with Gasteiger partial charge in [0.05, 0.1) is 26.7 Å². The molecule has 0 bridgehead atoms. The molecule has 0 atom stereocenters. The molecule has 0 rings (SSSR count). The molecule has 6 nitrogen and oxygen atoms in total. The number of ether oxygens (including phenoxy) is 2. The first-order chi connectivity index (χ1) is 7.10. The van der Waals surface area contributed by atoms with Crippen molar-refractivity contribution in [3.05, 3.63) is 0 Å². The largest absolute Gasteiger partial charge is 0.469 e. The summed E-state index contributed by atoms with van der Waals surface area (Å²) in [6.07, 6.45) is 0.244. The average molecular weight is 218 g/mol. The molecule has 0 spiro atoms. The third-order valence-corrected chi connectivity index (χ3v) is 1.85. The lowest BCUT2D eigenvalue weighted by atomic mass is 10.3. The van der Waals surface area contributed by atoms with Gasteiger partial charge in [-0.05, 0) is 0 Å². The van der Waals surface area contributed by atoms with Gasteiger partial charge in [0.15, 0.2) is 0 Å². The topological polar surface area (TPSA) is 81.9 Å². The molecule has 0 saturated carbocycles. The minimum Gasteiger partial charge on any atom is -0.469 e. The first kappa shape index (κ1) is 13.9. The van der Waals surface area contributed by atoms with Crippen LogP contribution in [0.25, 0.3) is 0 Å². The Hall–Kier alpha value is -1.14. The lowest BCUT2D eigenvalue weighted by molar-refractivity contribution is -0.141. The van der Waals surface area contributed by atoms with Crippen LogP contribution >= 0.6 is 0 Å². The summed E-state index contributed by atoms with van der Waals surface area (Å²) >= 11 is 0. The van der Waals surface area contributed by atoms with E-state index in [2.05, 4.69) is 4.74 Å². The Balaban J connectivity index is 3.88. The standard InChI is InChI=1S/C9H18N2O4/c1-14-6-5-11(7-8(10)12)4-3-9(13)15-2/h3-7H2,1-2H3,(H2,10,12). The van der Waals surface area contributed by atoms with Crippen LogP contribution in [0.5, 0.6) is 0 Å². The molecule has 2 N–H and O–H groups in total. The van der Waals surface area contributed by atoms with Gasteiger partial charge in [0.1, 0.15) is 0 Å². The fraction of sp³-hybridized carbons (Fsp3) is 0.778. The van der Waals surface area contributed by atoms with Crippen molar-refractivity contribution < 1.29 is 19.1 Å². The molecule has 6 heteroatoms. The third-order valence-electron chi connectivity index (χ3n) is 1.85. The van der Waals surface area contributed by atoms with Gasteiger partial charge in [-0.3, -0.25) is 14.5 Å². The molecule has 88 valence electrons. The van der Waals surface area contributed by atoms with Gasteiger partial charge < -0.3 is 15.2 Å². The van der Waals surface area contributed by atoms with Crippen LogP contribution < -0.4 is 5.73 Å². The number of nitrogens with zero attached hydrogens (tertiary/aromatic N) is 1. The van der Waals surface area contributed by atoms with Gasteiger partial charge in [-0.2, -0.15) is 0 Å². The number of hydrogen-bond acceptors (Lipinski definition) is 5. The number of carbonyl (C=O) groups excluding carboxylic acids is 2. The molecule has 15 heavy (non-hydrogen) atoms. The van der Waals surface area contributed by atoms with Crippen molar-refractivity contribution in [3.63, 3.8) is 0 Å². The number of carbonyl (C=O) groups is 2. The van der Waals surface area contributed by atoms with E-state index in [0.29, 0.717) is 19.7 Å². The molecule has 0 aromatic carbocycles. The normalized spacial score (nSPS) is 10.3. The number of methoxy groups -OCH3 is 2. The van der Waals surface area contributed by atoms with Crippen molar-refractivity contribution in [1.82, 2.24) is 4.90 Å². The van der Waals surface area contributed by atoms with E-state index in [1.165, 1.54) is 7.11 Å². The maximum absolute atomic E-state index is 10.9. The summed E-state index contributed by atoms with van der Waals surface area (Å²) in [5.41, 5.74) is 5.07. The van der Waals surface area contributed by atoms with Crippen LogP contribution in [0.4, 0.5) is 0 Å². The molecular weight excluding hydrogens is 200 g/mol. The van der Waals surface area contributed by atoms with Gasteiger partial charge in [0, 0.05) is 20.2 Å². The number of rotatable bonds is 8. The molecule has 0 aliphatic carbocycles. The van der Waals surface area contributed by atoms with Crippen LogP contribution in [0, 0.1) is 0 Å². The van der Waals surface area contributed by atoms with Crippen molar-refractivity contribution in [3.8, 4) is 0 Å². The molecule has 0 saturated heterocycles. The highest BCUT2D eigenvalue weighted by Gasteiger charge is 2.10. The Morgan fingerprint density at radius 3 is 2.40 bits per heavy atom. The molecule has 0 unspecified atom stereocenters. The van der Waals surface area contributed by atoms with Gasteiger partial charge in [-0.15, -0.1) is 0 Å². The Labute approximate surface area is 89.3 Å². The van der Waals surface area contributed by atoms with Crippen LogP contribution in [0.15, 0.2) is 0 Å². The summed E-state index contributed by atoms with van der Waals surface area (Å²) in [5, 5.41) is 0. The maximum atomic E-state index is 10.9. The minimum absolute atomic E-state index is 0.125. The van der Waals surface area contributed by atoms with E-state index in [0.717, 1.165) is 0 Å². The van der Waals surface area contributed by atoms with Crippen molar-refractivity contribution in [2.75, 3.05) is 40.5 Å². The van der Waals surface area contributed by atoms with Crippen molar-refractivity contribution in [2.24, 2.45) is 5.73 Å². The summed E-state index contributed by atoms with van der Waals surface area (Å²) in [4.78, 5) is 23.3. The summed E-state index contributed by atoms with van der Waals surface area (Å²) in [6.45, 7) is 1.63. The molecule has 0 heterocycles. The summed E-state index contributed by atoms with van der Waals surface area (Å²) in [5.74, 6) is -0.724. The molecule has 0 aromatic rings. The fourth-order valence-corrected chi connectivity index (χ4v) is 1.06. The Morgan fingerprint density at radius 2 is 1.93 bits per heavy atom. The first-order valence-corrected chi connectivity index (χ1v) is 4.66. The molecule has 0 aliphatic rings. The van der Waals surface area contributed by atoms with E-state index in [1.54, 1.807) is 12.0 Å². The third kappa shape index (κ3) is 7.90. The highest BCUT2D eigenvalue weighted by molar-refractivity contribution is 5.76. The van der Waals surface area contributed by atoms with Crippen molar-refractivity contribution in [1.29, 1.82) is 0 Å². The Bertz CT molecular complexity index is 208.